The number of aromatic nitrogens is 1. The van der Waals surface area contributed by atoms with Crippen molar-refractivity contribution in [2.24, 2.45) is 0 Å². The van der Waals surface area contributed by atoms with Crippen LogP contribution in [-0.4, -0.2) is 10.5 Å². The number of nitrogens with zero attached hydrogens (tertiary/aromatic N) is 1. The van der Waals surface area contributed by atoms with Gasteiger partial charge in [-0.1, -0.05) is 18.2 Å². The van der Waals surface area contributed by atoms with Crippen LogP contribution in [-0.2, 0) is 6.54 Å². The number of para-hydroxylation sites is 1. The van der Waals surface area contributed by atoms with Gasteiger partial charge in [0.15, 0.2) is 0 Å². The summed E-state index contributed by atoms with van der Waals surface area (Å²) in [5, 5.41) is 3.42. The third-order valence-corrected chi connectivity index (χ3v) is 2.91. The summed E-state index contributed by atoms with van der Waals surface area (Å²) in [6, 6.07) is 11.9. The summed E-state index contributed by atoms with van der Waals surface area (Å²) >= 11 is 0. The molecule has 1 N–H and O–H groups in total. The maximum Gasteiger partial charge on any atom is 0.130 e. The van der Waals surface area contributed by atoms with Crippen molar-refractivity contribution in [2.45, 2.75) is 39.8 Å². The Morgan fingerprint density at radius 1 is 1.15 bits per heavy atom. The molecule has 0 aliphatic heterocycles. The van der Waals surface area contributed by atoms with Crippen LogP contribution in [0, 0.1) is 6.92 Å². The molecule has 1 heterocycles. The number of rotatable bonds is 4. The van der Waals surface area contributed by atoms with Crippen LogP contribution in [0.25, 0.3) is 0 Å². The molecule has 2 aromatic rings. The van der Waals surface area contributed by atoms with Crippen LogP contribution < -0.4 is 10.1 Å². The van der Waals surface area contributed by atoms with E-state index in [-0.39, 0.29) is 5.54 Å². The van der Waals surface area contributed by atoms with Gasteiger partial charge < -0.3 is 10.1 Å². The molecule has 0 fully saturated rings. The van der Waals surface area contributed by atoms with Crippen molar-refractivity contribution in [3.05, 3.63) is 53.9 Å². The maximum atomic E-state index is 5.91. The van der Waals surface area contributed by atoms with Crippen molar-refractivity contribution in [2.75, 3.05) is 0 Å². The molecule has 0 radical (unpaired) electrons. The van der Waals surface area contributed by atoms with E-state index in [1.807, 2.05) is 43.3 Å². The lowest BCUT2D eigenvalue weighted by Gasteiger charge is -2.20. The SMILES string of the molecule is Cc1ccccc1Oc1ccnc(CNC(C)(C)C)c1. The molecule has 1 aromatic heterocycles. The van der Waals surface area contributed by atoms with Crippen LogP contribution in [0.2, 0.25) is 0 Å². The van der Waals surface area contributed by atoms with Gasteiger partial charge in [-0.2, -0.15) is 0 Å². The monoisotopic (exact) mass is 270 g/mol. The fourth-order valence-corrected chi connectivity index (χ4v) is 1.77. The Morgan fingerprint density at radius 2 is 1.90 bits per heavy atom. The van der Waals surface area contributed by atoms with Crippen molar-refractivity contribution in [1.82, 2.24) is 10.3 Å². The Bertz CT molecular complexity index is 573. The number of pyridine rings is 1. The first-order valence-electron chi connectivity index (χ1n) is 6.87. The molecule has 3 nitrogen and oxygen atoms in total. The number of aryl methyl sites for hydroxylation is 1. The summed E-state index contributed by atoms with van der Waals surface area (Å²) in [7, 11) is 0. The largest absolute Gasteiger partial charge is 0.457 e. The number of hydrogen-bond donors (Lipinski definition) is 1. The highest BCUT2D eigenvalue weighted by Crippen LogP contribution is 2.24. The van der Waals surface area contributed by atoms with E-state index in [0.717, 1.165) is 29.3 Å². The molecule has 0 amide bonds. The van der Waals surface area contributed by atoms with Gasteiger partial charge in [0.05, 0.1) is 5.69 Å². The van der Waals surface area contributed by atoms with E-state index in [0.29, 0.717) is 0 Å². The Kier molecular flexibility index (Phi) is 4.40. The summed E-state index contributed by atoms with van der Waals surface area (Å²) < 4.78 is 5.91. The first-order valence-corrected chi connectivity index (χ1v) is 6.87. The molecule has 20 heavy (non-hydrogen) atoms. The van der Waals surface area contributed by atoms with Gasteiger partial charge in [-0.05, 0) is 45.4 Å². The lowest BCUT2D eigenvalue weighted by atomic mass is 10.1. The third-order valence-electron chi connectivity index (χ3n) is 2.91. The molecule has 0 aliphatic carbocycles. The van der Waals surface area contributed by atoms with Gasteiger partial charge >= 0.3 is 0 Å². The van der Waals surface area contributed by atoms with Crippen molar-refractivity contribution >= 4 is 0 Å². The minimum atomic E-state index is 0.0779. The minimum Gasteiger partial charge on any atom is -0.457 e. The highest BCUT2D eigenvalue weighted by molar-refractivity contribution is 5.36. The zero-order valence-corrected chi connectivity index (χ0v) is 12.6. The first-order chi connectivity index (χ1) is 9.44. The second-order valence-corrected chi connectivity index (χ2v) is 5.95. The molecule has 0 aliphatic rings. The van der Waals surface area contributed by atoms with Crippen LogP contribution >= 0.6 is 0 Å². The highest BCUT2D eigenvalue weighted by Gasteiger charge is 2.09. The van der Waals surface area contributed by atoms with Crippen LogP contribution in [0.4, 0.5) is 0 Å². The smallest absolute Gasteiger partial charge is 0.130 e. The molecule has 0 atom stereocenters. The Hall–Kier alpha value is -1.87. The molecule has 0 saturated carbocycles. The fourth-order valence-electron chi connectivity index (χ4n) is 1.77. The molecule has 1 aromatic carbocycles. The van der Waals surface area contributed by atoms with Gasteiger partial charge in [0.25, 0.3) is 0 Å². The van der Waals surface area contributed by atoms with E-state index >= 15 is 0 Å². The third kappa shape index (κ3) is 4.35. The van der Waals surface area contributed by atoms with E-state index in [9.17, 15) is 0 Å². The summed E-state index contributed by atoms with van der Waals surface area (Å²) in [5.74, 6) is 1.70. The fraction of sp³-hybridized carbons (Fsp3) is 0.353. The van der Waals surface area contributed by atoms with Crippen LogP contribution in [0.3, 0.4) is 0 Å². The van der Waals surface area contributed by atoms with Crippen molar-refractivity contribution < 1.29 is 4.74 Å². The zero-order chi connectivity index (χ0) is 14.6. The molecule has 106 valence electrons. The second-order valence-electron chi connectivity index (χ2n) is 5.95. The van der Waals surface area contributed by atoms with Crippen molar-refractivity contribution in [1.29, 1.82) is 0 Å². The van der Waals surface area contributed by atoms with Crippen molar-refractivity contribution in [3.8, 4) is 11.5 Å². The highest BCUT2D eigenvalue weighted by atomic mass is 16.5. The quantitative estimate of drug-likeness (QED) is 0.909. The summed E-state index contributed by atoms with van der Waals surface area (Å²) in [5.41, 5.74) is 2.18. The first kappa shape index (κ1) is 14.5. The summed E-state index contributed by atoms with van der Waals surface area (Å²) in [4.78, 5) is 4.36. The van der Waals surface area contributed by atoms with Crippen LogP contribution in [0.1, 0.15) is 32.0 Å². The predicted molar refractivity (Wildman–Crippen MR) is 82.1 cm³/mol. The number of benzene rings is 1. The summed E-state index contributed by atoms with van der Waals surface area (Å²) in [6.45, 7) is 9.19. The molecule has 0 spiro atoms. The van der Waals surface area contributed by atoms with Crippen LogP contribution in [0.15, 0.2) is 42.6 Å². The maximum absolute atomic E-state index is 5.91. The topological polar surface area (TPSA) is 34.1 Å². The molecular weight excluding hydrogens is 248 g/mol. The van der Waals surface area contributed by atoms with Gasteiger partial charge in [0, 0.05) is 24.3 Å². The average Bonchev–Trinajstić information content (AvgIpc) is 2.39. The lowest BCUT2D eigenvalue weighted by Crippen LogP contribution is -2.35. The molecule has 0 saturated heterocycles. The van der Waals surface area contributed by atoms with Gasteiger partial charge in [0.1, 0.15) is 11.5 Å². The molecule has 2 rings (SSSR count). The number of hydrogen-bond acceptors (Lipinski definition) is 3. The Morgan fingerprint density at radius 3 is 2.60 bits per heavy atom. The molecule has 0 bridgehead atoms. The standard InChI is InChI=1S/C17H22N2O/c1-13-7-5-6-8-16(13)20-15-9-10-18-14(11-15)12-19-17(2,3)4/h5-11,19H,12H2,1-4H3. The van der Waals surface area contributed by atoms with Crippen LogP contribution in [0.5, 0.6) is 11.5 Å². The number of ether oxygens (including phenoxy) is 1. The van der Waals surface area contributed by atoms with Gasteiger partial charge in [-0.3, -0.25) is 4.98 Å². The second kappa shape index (κ2) is 6.06. The predicted octanol–water partition coefficient (Wildman–Crippen LogP) is 4.07. The van der Waals surface area contributed by atoms with E-state index in [4.69, 9.17) is 4.74 Å². The van der Waals surface area contributed by atoms with E-state index < -0.39 is 0 Å². The molecule has 0 unspecified atom stereocenters. The van der Waals surface area contributed by atoms with E-state index in [2.05, 4.69) is 31.1 Å². The van der Waals surface area contributed by atoms with Gasteiger partial charge in [-0.15, -0.1) is 0 Å². The zero-order valence-electron chi connectivity index (χ0n) is 12.6. The summed E-state index contributed by atoms with van der Waals surface area (Å²) in [6.07, 6.45) is 1.78. The lowest BCUT2D eigenvalue weighted by molar-refractivity contribution is 0.419. The molecule has 3 heteroatoms. The molecular formula is C17H22N2O. The van der Waals surface area contributed by atoms with Gasteiger partial charge in [-0.25, -0.2) is 0 Å². The van der Waals surface area contributed by atoms with Gasteiger partial charge in [0.2, 0.25) is 0 Å². The van der Waals surface area contributed by atoms with E-state index in [1.54, 1.807) is 6.20 Å². The normalized spacial score (nSPS) is 11.4. The number of nitrogens with one attached hydrogen (secondary N) is 1. The minimum absolute atomic E-state index is 0.0779. The van der Waals surface area contributed by atoms with Crippen molar-refractivity contribution in [3.63, 3.8) is 0 Å². The van der Waals surface area contributed by atoms with E-state index in [1.165, 1.54) is 0 Å². The Labute approximate surface area is 121 Å². The average molecular weight is 270 g/mol. The Balaban J connectivity index is 2.08.